The van der Waals surface area contributed by atoms with Crippen molar-refractivity contribution < 1.29 is 15.3 Å². The van der Waals surface area contributed by atoms with Crippen LogP contribution < -0.4 is 11.1 Å². The lowest BCUT2D eigenvalue weighted by atomic mass is 9.48. The summed E-state index contributed by atoms with van der Waals surface area (Å²) in [5, 5.41) is 40.9. The van der Waals surface area contributed by atoms with E-state index in [2.05, 4.69) is 57.5 Å². The molecule has 1 aromatic carbocycles. The number of H-pyrrole nitrogens is 1. The van der Waals surface area contributed by atoms with E-state index in [0.29, 0.717) is 25.7 Å². The number of nitrogens with zero attached hydrogens (tertiary/aromatic N) is 1. The van der Waals surface area contributed by atoms with E-state index in [-0.39, 0.29) is 42.0 Å². The summed E-state index contributed by atoms with van der Waals surface area (Å²) in [4.78, 5) is 7.64. The Morgan fingerprint density at radius 2 is 2.00 bits per heavy atom. The van der Waals surface area contributed by atoms with Gasteiger partial charge < -0.3 is 31.4 Å². The Morgan fingerprint density at radius 3 is 2.80 bits per heavy atom. The number of aliphatic hydroxyl groups is 3. The normalized spacial score (nSPS) is 43.3. The van der Waals surface area contributed by atoms with Crippen LogP contribution in [0.4, 0.5) is 0 Å². The first kappa shape index (κ1) is 25.9. The van der Waals surface area contributed by atoms with E-state index in [1.807, 2.05) is 12.1 Å². The molecule has 0 aliphatic heterocycles. The van der Waals surface area contributed by atoms with Crippen molar-refractivity contribution in [1.29, 1.82) is 0 Å². The Balaban J connectivity index is 1.40. The van der Waals surface area contributed by atoms with E-state index in [1.165, 1.54) is 5.39 Å². The van der Waals surface area contributed by atoms with Gasteiger partial charge in [-0.1, -0.05) is 48.4 Å². The number of aromatic nitrogens is 1. The highest BCUT2D eigenvalue weighted by molar-refractivity contribution is 5.80. The van der Waals surface area contributed by atoms with Crippen LogP contribution in [-0.2, 0) is 6.42 Å². The number of aliphatic hydroxyl groups excluding tert-OH is 1. The molecule has 210 valence electrons. The summed E-state index contributed by atoms with van der Waals surface area (Å²) in [6, 6.07) is 10.0. The van der Waals surface area contributed by atoms with Gasteiger partial charge in [0, 0.05) is 42.9 Å². The fourth-order valence-electron chi connectivity index (χ4n) is 9.85. The average molecular weight is 541 g/mol. The van der Waals surface area contributed by atoms with Gasteiger partial charge in [-0.15, -0.1) is 5.92 Å². The minimum absolute atomic E-state index is 0.0276. The zero-order chi connectivity index (χ0) is 27.9. The fourth-order valence-corrected chi connectivity index (χ4v) is 9.85. The maximum Gasteiger partial charge on any atom is 0.189 e. The van der Waals surface area contributed by atoms with Crippen molar-refractivity contribution in [3.05, 3.63) is 60.3 Å². The molecule has 0 saturated heterocycles. The zero-order valence-corrected chi connectivity index (χ0v) is 23.1. The number of guanidine groups is 1. The lowest BCUT2D eigenvalue weighted by molar-refractivity contribution is -0.124. The van der Waals surface area contributed by atoms with Crippen LogP contribution in [0.15, 0.2) is 59.6 Å². The molecule has 0 amide bonds. The van der Waals surface area contributed by atoms with Gasteiger partial charge in [-0.05, 0) is 72.8 Å². The number of benzene rings is 1. The average Bonchev–Trinajstić information content (AvgIpc) is 3.42. The van der Waals surface area contributed by atoms with Crippen LogP contribution in [0.5, 0.6) is 0 Å². The highest BCUT2D eigenvalue weighted by Gasteiger charge is 2.72. The summed E-state index contributed by atoms with van der Waals surface area (Å²) in [5.74, 6) is 6.75. The number of nitrogens with two attached hydrogens (primary N) is 1. The third-order valence-corrected chi connectivity index (χ3v) is 11.4. The van der Waals surface area contributed by atoms with Gasteiger partial charge in [-0.25, -0.2) is 0 Å². The molecular formula is C33H40N4O3. The first-order valence-electron chi connectivity index (χ1n) is 14.7. The largest absolute Gasteiger partial charge is 0.390 e. The lowest BCUT2D eigenvalue weighted by Crippen LogP contribution is -2.56. The number of para-hydroxylation sites is 1. The number of aliphatic imine (C=N–C) groups is 1. The molecule has 7 nitrogen and oxygen atoms in total. The first-order valence-corrected chi connectivity index (χ1v) is 14.7. The van der Waals surface area contributed by atoms with Gasteiger partial charge in [0.15, 0.2) is 5.96 Å². The molecule has 1 heterocycles. The van der Waals surface area contributed by atoms with Crippen molar-refractivity contribution in [2.24, 2.45) is 45.7 Å². The molecule has 7 rings (SSSR count). The Morgan fingerprint density at radius 1 is 1.20 bits per heavy atom. The SMILES string of the molecule is C=C(Cc1cc2ccccc2[nH]1)[C@]12CC#C[C@@H](NC(N)=NC)C[C@@]3(O)[C@H]4[C@H]1CC[C@@H]1[C@@H]2C=CC[C@]1(O)[C@H]4C[C@H]3O. The van der Waals surface area contributed by atoms with Crippen LogP contribution >= 0.6 is 0 Å². The third kappa shape index (κ3) is 3.46. The zero-order valence-electron chi connectivity index (χ0n) is 23.1. The quantitative estimate of drug-likeness (QED) is 0.154. The van der Waals surface area contributed by atoms with Crippen LogP contribution in [0.25, 0.3) is 10.9 Å². The maximum atomic E-state index is 12.5. The van der Waals surface area contributed by atoms with E-state index < -0.39 is 28.8 Å². The predicted octanol–water partition coefficient (Wildman–Crippen LogP) is 3.03. The molecule has 5 aliphatic rings. The van der Waals surface area contributed by atoms with Crippen LogP contribution in [0.3, 0.4) is 0 Å². The van der Waals surface area contributed by atoms with Crippen molar-refractivity contribution in [2.75, 3.05) is 7.05 Å². The predicted molar refractivity (Wildman–Crippen MR) is 156 cm³/mol. The molecule has 0 spiro atoms. The second kappa shape index (κ2) is 8.97. The topological polar surface area (TPSA) is 127 Å². The molecule has 7 N–H and O–H groups in total. The number of hydrogen-bond donors (Lipinski definition) is 6. The standard InChI is InChI=1S/C33H40N4O3/c1-19(15-22-16-20-7-3-4-10-27(20)36-22)31-13-5-8-21(37-30(34)35-2)18-33(40)28(38)17-26-29(33)25(31)12-11-24-23(31)9-6-14-32(24,26)39/h3-4,6-7,9-10,16,21,23-26,28-29,36,38-40H,1,11-15,17-18H2,2H3,(H3,34,35,37)/t21-,23+,24-,25-,26+,28-,29+,31+,32-,33+/m1/s1. The molecule has 3 saturated carbocycles. The van der Waals surface area contributed by atoms with Gasteiger partial charge in [0.1, 0.15) is 0 Å². The number of rotatable bonds is 4. The third-order valence-electron chi connectivity index (χ3n) is 11.4. The minimum Gasteiger partial charge on any atom is -0.390 e. The van der Waals surface area contributed by atoms with Gasteiger partial charge in [0.05, 0.1) is 23.3 Å². The summed E-state index contributed by atoms with van der Waals surface area (Å²) in [6.45, 7) is 4.78. The van der Waals surface area contributed by atoms with E-state index in [9.17, 15) is 15.3 Å². The molecule has 0 unspecified atom stereocenters. The number of allylic oxidation sites excluding steroid dienone is 2. The van der Waals surface area contributed by atoms with Gasteiger partial charge in [-0.2, -0.15) is 0 Å². The second-order valence-corrected chi connectivity index (χ2v) is 13.0. The Bertz CT molecular complexity index is 1450. The number of aromatic amines is 1. The van der Waals surface area contributed by atoms with Gasteiger partial charge in [0.25, 0.3) is 0 Å². The molecule has 10 atom stereocenters. The van der Waals surface area contributed by atoms with E-state index in [4.69, 9.17) is 12.3 Å². The van der Waals surface area contributed by atoms with Crippen LogP contribution in [0.2, 0.25) is 0 Å². The summed E-state index contributed by atoms with van der Waals surface area (Å²) in [6.07, 6.45) is 7.67. The van der Waals surface area contributed by atoms with E-state index in [1.54, 1.807) is 7.05 Å². The Kier molecular flexibility index (Phi) is 5.81. The molecule has 5 aliphatic carbocycles. The molecule has 1 aromatic heterocycles. The van der Waals surface area contributed by atoms with Crippen molar-refractivity contribution in [3.63, 3.8) is 0 Å². The minimum atomic E-state index is -1.42. The maximum absolute atomic E-state index is 12.5. The van der Waals surface area contributed by atoms with Crippen molar-refractivity contribution in [2.45, 2.75) is 68.3 Å². The van der Waals surface area contributed by atoms with Crippen LogP contribution in [-0.4, -0.2) is 56.7 Å². The summed E-state index contributed by atoms with van der Waals surface area (Å²) < 4.78 is 0. The smallest absolute Gasteiger partial charge is 0.189 e. The molecule has 7 heteroatoms. The van der Waals surface area contributed by atoms with Crippen LogP contribution in [0, 0.1) is 46.8 Å². The molecular weight excluding hydrogens is 500 g/mol. The number of fused-ring (bicyclic) bond motifs is 2. The van der Waals surface area contributed by atoms with E-state index >= 15 is 0 Å². The second-order valence-electron chi connectivity index (χ2n) is 13.0. The molecule has 0 radical (unpaired) electrons. The molecule has 6 bridgehead atoms. The highest BCUT2D eigenvalue weighted by atomic mass is 16.3. The highest BCUT2D eigenvalue weighted by Crippen LogP contribution is 2.71. The van der Waals surface area contributed by atoms with Crippen molar-refractivity contribution in [1.82, 2.24) is 10.3 Å². The van der Waals surface area contributed by atoms with Gasteiger partial charge >= 0.3 is 0 Å². The lowest BCUT2D eigenvalue weighted by Gasteiger charge is -2.56. The molecule has 2 aromatic rings. The fraction of sp³-hybridized carbons (Fsp3) is 0.545. The van der Waals surface area contributed by atoms with Gasteiger partial charge in [0.2, 0.25) is 0 Å². The Labute approximate surface area is 235 Å². The monoisotopic (exact) mass is 540 g/mol. The summed E-state index contributed by atoms with van der Waals surface area (Å²) in [5.41, 5.74) is 6.49. The first-order chi connectivity index (χ1) is 19.2. The van der Waals surface area contributed by atoms with Crippen molar-refractivity contribution in [3.8, 4) is 11.8 Å². The van der Waals surface area contributed by atoms with Crippen molar-refractivity contribution >= 4 is 16.9 Å². The van der Waals surface area contributed by atoms with Crippen LogP contribution in [0.1, 0.15) is 44.2 Å². The number of nitrogens with one attached hydrogen (secondary N) is 2. The summed E-state index contributed by atoms with van der Waals surface area (Å²) in [7, 11) is 1.61. The molecule has 40 heavy (non-hydrogen) atoms. The molecule has 3 fully saturated rings. The van der Waals surface area contributed by atoms with E-state index in [0.717, 1.165) is 29.6 Å². The Hall–Kier alpha value is -3.05. The number of hydrogen-bond acceptors (Lipinski definition) is 4. The summed E-state index contributed by atoms with van der Waals surface area (Å²) >= 11 is 0. The van der Waals surface area contributed by atoms with Gasteiger partial charge in [-0.3, -0.25) is 4.99 Å².